The Labute approximate surface area is 143 Å². The van der Waals surface area contributed by atoms with Gasteiger partial charge in [0.15, 0.2) is 0 Å². The van der Waals surface area contributed by atoms with Gasteiger partial charge < -0.3 is 15.0 Å². The quantitative estimate of drug-likeness (QED) is 0.411. The number of fused-ring (bicyclic) bond motifs is 1. The molecule has 0 aliphatic rings. The fraction of sp³-hybridized carbons (Fsp3) is 0. The van der Waals surface area contributed by atoms with E-state index in [9.17, 15) is 22.9 Å². The number of rotatable bonds is 3. The maximum atomic E-state index is 11.2. The Hall–Kier alpha value is -1.38. The Balaban J connectivity index is 0.00000220. The van der Waals surface area contributed by atoms with Gasteiger partial charge in [0.25, 0.3) is 0 Å². The van der Waals surface area contributed by atoms with E-state index >= 15 is 0 Å². The second kappa shape index (κ2) is 6.59. The summed E-state index contributed by atoms with van der Waals surface area (Å²) in [5, 5.41) is 13.0. The molecule has 2 rings (SSSR count). The van der Waals surface area contributed by atoms with Gasteiger partial charge in [-0.1, -0.05) is 12.6 Å². The Morgan fingerprint density at radius 3 is 2.52 bits per heavy atom. The van der Waals surface area contributed by atoms with Gasteiger partial charge in [-0.25, -0.2) is 8.42 Å². The molecule has 0 radical (unpaired) electrons. The molecule has 6 nitrogen and oxygen atoms in total. The zero-order valence-corrected chi connectivity index (χ0v) is 14.0. The maximum Gasteiger partial charge on any atom is 1.00 e. The Kier molecular flexibility index (Phi) is 5.54. The third-order valence-electron chi connectivity index (χ3n) is 2.65. The standard InChI is InChI=1S/C13H11NO5S.Na/c1-2-13(16)14-9-4-3-8-5-10(20(17,18)19)7-12(15)11(8)6-9;/h2-7,15H,1H2,(H,14,16)(H,17,18,19);/q;+1/p-1. The van der Waals surface area contributed by atoms with Gasteiger partial charge in [-0.15, -0.1) is 0 Å². The summed E-state index contributed by atoms with van der Waals surface area (Å²) in [6.07, 6.45) is 1.09. The second-order valence-electron chi connectivity index (χ2n) is 4.03. The van der Waals surface area contributed by atoms with Crippen molar-refractivity contribution in [3.05, 3.63) is 43.0 Å². The predicted octanol–water partition coefficient (Wildman–Crippen LogP) is -1.42. The Morgan fingerprint density at radius 2 is 1.95 bits per heavy atom. The van der Waals surface area contributed by atoms with E-state index in [-0.39, 0.29) is 35.3 Å². The normalized spacial score (nSPS) is 10.7. The number of carbonyl (C=O) groups is 1. The van der Waals surface area contributed by atoms with Gasteiger partial charge in [0.2, 0.25) is 5.91 Å². The summed E-state index contributed by atoms with van der Waals surface area (Å²) < 4.78 is 32.8. The van der Waals surface area contributed by atoms with Crippen molar-refractivity contribution in [2.45, 2.75) is 4.90 Å². The van der Waals surface area contributed by atoms with Gasteiger partial charge in [-0.05, 0) is 35.7 Å². The van der Waals surface area contributed by atoms with Crippen molar-refractivity contribution in [1.82, 2.24) is 0 Å². The van der Waals surface area contributed by atoms with Crippen LogP contribution in [-0.4, -0.2) is 24.0 Å². The molecule has 2 aromatic carbocycles. The van der Waals surface area contributed by atoms with Gasteiger partial charge in [-0.3, -0.25) is 4.79 Å². The molecule has 0 aliphatic heterocycles. The molecule has 0 bridgehead atoms. The third kappa shape index (κ3) is 4.05. The molecular weight excluding hydrogens is 305 g/mol. The fourth-order valence-corrected chi connectivity index (χ4v) is 2.25. The zero-order valence-electron chi connectivity index (χ0n) is 11.2. The molecule has 0 aliphatic carbocycles. The molecule has 0 atom stereocenters. The number of hydrogen-bond acceptors (Lipinski definition) is 5. The summed E-state index contributed by atoms with van der Waals surface area (Å²) in [5.74, 6) is -0.769. The first-order chi connectivity index (χ1) is 9.31. The van der Waals surface area contributed by atoms with E-state index in [4.69, 9.17) is 0 Å². The Bertz CT molecular complexity index is 817. The van der Waals surface area contributed by atoms with Gasteiger partial charge in [-0.2, -0.15) is 0 Å². The third-order valence-corrected chi connectivity index (χ3v) is 3.46. The van der Waals surface area contributed by atoms with E-state index in [2.05, 4.69) is 11.9 Å². The molecule has 104 valence electrons. The van der Waals surface area contributed by atoms with Gasteiger partial charge in [0.05, 0.1) is 4.90 Å². The van der Waals surface area contributed by atoms with Crippen molar-refractivity contribution in [2.24, 2.45) is 0 Å². The molecule has 2 N–H and O–H groups in total. The molecular formula is C13H10NNaO5S. The number of hydrogen-bond donors (Lipinski definition) is 2. The van der Waals surface area contributed by atoms with Gasteiger partial charge >= 0.3 is 29.6 Å². The van der Waals surface area contributed by atoms with Crippen LogP contribution in [-0.2, 0) is 14.9 Å². The van der Waals surface area contributed by atoms with Crippen LogP contribution in [0.25, 0.3) is 10.8 Å². The van der Waals surface area contributed by atoms with Crippen LogP contribution in [0.3, 0.4) is 0 Å². The molecule has 0 heterocycles. The number of carbonyl (C=O) groups excluding carboxylic acids is 1. The summed E-state index contributed by atoms with van der Waals surface area (Å²) in [7, 11) is -4.64. The van der Waals surface area contributed by atoms with Crippen LogP contribution in [0.1, 0.15) is 0 Å². The number of phenolic OH excluding ortho intramolecular Hbond substituents is 1. The van der Waals surface area contributed by atoms with Gasteiger partial charge in [0.1, 0.15) is 15.9 Å². The Morgan fingerprint density at radius 1 is 1.29 bits per heavy atom. The average Bonchev–Trinajstić information content (AvgIpc) is 2.38. The van der Waals surface area contributed by atoms with E-state index in [0.717, 1.165) is 18.2 Å². The van der Waals surface area contributed by atoms with Crippen LogP contribution < -0.4 is 34.9 Å². The maximum absolute atomic E-state index is 11.2. The van der Waals surface area contributed by atoms with Crippen molar-refractivity contribution in [3.8, 4) is 5.75 Å². The smallest absolute Gasteiger partial charge is 0.744 e. The minimum absolute atomic E-state index is 0. The number of benzene rings is 2. The molecule has 0 saturated heterocycles. The molecule has 2 aromatic rings. The van der Waals surface area contributed by atoms with Crippen LogP contribution in [0.2, 0.25) is 0 Å². The fourth-order valence-electron chi connectivity index (χ4n) is 1.73. The molecule has 0 spiro atoms. The van der Waals surface area contributed by atoms with Crippen molar-refractivity contribution >= 4 is 32.5 Å². The number of amides is 1. The summed E-state index contributed by atoms with van der Waals surface area (Å²) in [6, 6.07) is 6.51. The first kappa shape index (κ1) is 17.7. The van der Waals surface area contributed by atoms with E-state index in [1.807, 2.05) is 0 Å². The first-order valence-electron chi connectivity index (χ1n) is 5.47. The van der Waals surface area contributed by atoms with Crippen LogP contribution in [0.15, 0.2) is 47.9 Å². The molecule has 0 unspecified atom stereocenters. The summed E-state index contributed by atoms with van der Waals surface area (Å²) in [6.45, 7) is 3.31. The molecule has 21 heavy (non-hydrogen) atoms. The van der Waals surface area contributed by atoms with Crippen molar-refractivity contribution < 1.29 is 52.4 Å². The van der Waals surface area contributed by atoms with Crippen molar-refractivity contribution in [2.75, 3.05) is 5.32 Å². The summed E-state index contributed by atoms with van der Waals surface area (Å²) in [5.41, 5.74) is 0.412. The van der Waals surface area contributed by atoms with Crippen LogP contribution in [0.4, 0.5) is 5.69 Å². The van der Waals surface area contributed by atoms with E-state index in [1.165, 1.54) is 18.2 Å². The zero-order chi connectivity index (χ0) is 14.9. The van der Waals surface area contributed by atoms with Crippen LogP contribution in [0.5, 0.6) is 5.75 Å². The van der Waals surface area contributed by atoms with Gasteiger partial charge in [0, 0.05) is 11.1 Å². The predicted molar refractivity (Wildman–Crippen MR) is 72.4 cm³/mol. The van der Waals surface area contributed by atoms with Crippen LogP contribution >= 0.6 is 0 Å². The summed E-state index contributed by atoms with van der Waals surface area (Å²) in [4.78, 5) is 10.7. The SMILES string of the molecule is C=CC(=O)Nc1ccc2cc(S(=O)(=O)[O-])cc(O)c2c1.[Na+]. The first-order valence-corrected chi connectivity index (χ1v) is 6.88. The average molecular weight is 315 g/mol. The minimum atomic E-state index is -4.64. The second-order valence-corrected chi connectivity index (χ2v) is 5.41. The number of phenols is 1. The molecule has 0 aromatic heterocycles. The van der Waals surface area contributed by atoms with E-state index in [1.54, 1.807) is 0 Å². The van der Waals surface area contributed by atoms with E-state index in [0.29, 0.717) is 16.5 Å². The molecule has 0 fully saturated rings. The van der Waals surface area contributed by atoms with E-state index < -0.39 is 20.9 Å². The minimum Gasteiger partial charge on any atom is -0.744 e. The summed E-state index contributed by atoms with van der Waals surface area (Å²) >= 11 is 0. The molecule has 8 heteroatoms. The van der Waals surface area contributed by atoms with Crippen molar-refractivity contribution in [3.63, 3.8) is 0 Å². The molecule has 1 amide bonds. The monoisotopic (exact) mass is 315 g/mol. The van der Waals surface area contributed by atoms with Crippen LogP contribution in [0, 0.1) is 0 Å². The topological polar surface area (TPSA) is 107 Å². The number of anilines is 1. The number of aromatic hydroxyl groups is 1. The number of nitrogens with one attached hydrogen (secondary N) is 1. The largest absolute Gasteiger partial charge is 1.00 e. The van der Waals surface area contributed by atoms with Crippen molar-refractivity contribution in [1.29, 1.82) is 0 Å². The molecule has 0 saturated carbocycles.